The van der Waals surface area contributed by atoms with E-state index in [1.54, 1.807) is 7.11 Å². The Bertz CT molecular complexity index is 554. The standard InChI is InChI=1S/C20H40N2O5Si/c1-11-12-22-15(16(25-8)17(22)23)14(27-28(9,10)20(5,6)7)13-21-18(24)26-19(2,3)4/h14-16H,11-13H2,1-10H3,(H,21,24)/t14-,15+,16-/m1/s1. The average Bonchev–Trinajstić information content (AvgIpc) is 2.51. The highest BCUT2D eigenvalue weighted by Gasteiger charge is 2.53. The van der Waals surface area contributed by atoms with Crippen LogP contribution < -0.4 is 5.32 Å². The van der Waals surface area contributed by atoms with E-state index in [-0.39, 0.29) is 29.6 Å². The van der Waals surface area contributed by atoms with Crippen molar-refractivity contribution in [3.63, 3.8) is 0 Å². The number of carbonyl (C=O) groups excluding carboxylic acids is 2. The lowest BCUT2D eigenvalue weighted by Crippen LogP contribution is -2.72. The number of β-lactam (4-membered cyclic amide) rings is 1. The third kappa shape index (κ3) is 6.19. The van der Waals surface area contributed by atoms with Gasteiger partial charge < -0.3 is 24.1 Å². The number of ether oxygens (including phenoxy) is 2. The first-order valence-corrected chi connectivity index (χ1v) is 13.0. The van der Waals surface area contributed by atoms with E-state index in [9.17, 15) is 9.59 Å². The van der Waals surface area contributed by atoms with Crippen LogP contribution in [0.5, 0.6) is 0 Å². The number of hydrogen-bond acceptors (Lipinski definition) is 5. The molecule has 0 saturated carbocycles. The van der Waals surface area contributed by atoms with E-state index in [2.05, 4.69) is 39.2 Å². The molecule has 0 aromatic carbocycles. The maximum Gasteiger partial charge on any atom is 0.407 e. The predicted molar refractivity (Wildman–Crippen MR) is 113 cm³/mol. The molecule has 7 nitrogen and oxygen atoms in total. The second-order valence-corrected chi connectivity index (χ2v) is 14.7. The molecule has 0 radical (unpaired) electrons. The highest BCUT2D eigenvalue weighted by molar-refractivity contribution is 6.74. The second-order valence-electron chi connectivity index (χ2n) is 9.98. The molecule has 1 heterocycles. The molecule has 1 N–H and O–H groups in total. The lowest BCUT2D eigenvalue weighted by molar-refractivity contribution is -0.179. The molecule has 0 unspecified atom stereocenters. The summed E-state index contributed by atoms with van der Waals surface area (Å²) in [6, 6.07) is -0.221. The zero-order chi connectivity index (χ0) is 21.9. The van der Waals surface area contributed by atoms with Gasteiger partial charge in [0.1, 0.15) is 5.60 Å². The van der Waals surface area contributed by atoms with Crippen LogP contribution in [0.2, 0.25) is 18.1 Å². The van der Waals surface area contributed by atoms with Crippen molar-refractivity contribution in [2.24, 2.45) is 0 Å². The molecule has 1 saturated heterocycles. The molecular formula is C20H40N2O5Si. The van der Waals surface area contributed by atoms with Crippen LogP contribution >= 0.6 is 0 Å². The number of carbonyl (C=O) groups is 2. The summed E-state index contributed by atoms with van der Waals surface area (Å²) in [5.74, 6) is -0.0181. The lowest BCUT2D eigenvalue weighted by Gasteiger charge is -2.52. The Morgan fingerprint density at radius 3 is 2.21 bits per heavy atom. The highest BCUT2D eigenvalue weighted by Crippen LogP contribution is 2.39. The zero-order valence-electron chi connectivity index (χ0n) is 19.3. The van der Waals surface area contributed by atoms with Crippen LogP contribution in [0.25, 0.3) is 0 Å². The van der Waals surface area contributed by atoms with Gasteiger partial charge in [-0.05, 0) is 45.3 Å². The highest BCUT2D eigenvalue weighted by atomic mass is 28.4. The van der Waals surface area contributed by atoms with Gasteiger partial charge in [-0.3, -0.25) is 4.79 Å². The maximum absolute atomic E-state index is 12.4. The normalized spacial score (nSPS) is 21.9. The number of likely N-dealkylation sites (tertiary alicyclic amines) is 1. The van der Waals surface area contributed by atoms with Gasteiger partial charge in [-0.25, -0.2) is 4.79 Å². The Balaban J connectivity index is 3.03. The smallest absolute Gasteiger partial charge is 0.407 e. The molecule has 1 aliphatic heterocycles. The van der Waals surface area contributed by atoms with Crippen LogP contribution in [0.15, 0.2) is 0 Å². The van der Waals surface area contributed by atoms with Crippen molar-refractivity contribution in [2.45, 2.75) is 96.9 Å². The number of alkyl carbamates (subject to hydrolysis) is 1. The van der Waals surface area contributed by atoms with E-state index in [1.807, 2.05) is 32.6 Å². The molecule has 164 valence electrons. The Hall–Kier alpha value is -1.12. The van der Waals surface area contributed by atoms with E-state index in [4.69, 9.17) is 13.9 Å². The van der Waals surface area contributed by atoms with Crippen LogP contribution in [0.1, 0.15) is 54.9 Å². The van der Waals surface area contributed by atoms with Gasteiger partial charge in [0.2, 0.25) is 0 Å². The summed E-state index contributed by atoms with van der Waals surface area (Å²) in [7, 11) is -0.589. The molecule has 0 aliphatic carbocycles. The van der Waals surface area contributed by atoms with Gasteiger partial charge in [0, 0.05) is 20.2 Å². The Morgan fingerprint density at radius 2 is 1.79 bits per heavy atom. The lowest BCUT2D eigenvalue weighted by atomic mass is 9.92. The Kier molecular flexibility index (Phi) is 8.13. The van der Waals surface area contributed by atoms with E-state index in [0.29, 0.717) is 6.54 Å². The first-order chi connectivity index (χ1) is 12.6. The van der Waals surface area contributed by atoms with Gasteiger partial charge >= 0.3 is 6.09 Å². The minimum absolute atomic E-state index is 0.00305. The minimum Gasteiger partial charge on any atom is -0.444 e. The summed E-state index contributed by atoms with van der Waals surface area (Å²) in [6.45, 7) is 19.3. The molecule has 0 spiro atoms. The second kappa shape index (κ2) is 9.13. The van der Waals surface area contributed by atoms with Crippen LogP contribution in [0.3, 0.4) is 0 Å². The molecule has 1 rings (SSSR count). The van der Waals surface area contributed by atoms with Gasteiger partial charge in [-0.2, -0.15) is 0 Å². The predicted octanol–water partition coefficient (Wildman–Crippen LogP) is 3.54. The molecule has 0 aromatic heterocycles. The van der Waals surface area contributed by atoms with E-state index in [0.717, 1.165) is 6.42 Å². The van der Waals surface area contributed by atoms with Crippen molar-refractivity contribution in [3.8, 4) is 0 Å². The summed E-state index contributed by atoms with van der Waals surface area (Å²) in [4.78, 5) is 26.4. The zero-order valence-corrected chi connectivity index (χ0v) is 20.3. The molecule has 3 atom stereocenters. The maximum atomic E-state index is 12.4. The molecule has 8 heteroatoms. The summed E-state index contributed by atoms with van der Waals surface area (Å²) in [6.07, 6.45) is -0.535. The van der Waals surface area contributed by atoms with Crippen molar-refractivity contribution in [3.05, 3.63) is 0 Å². The quantitative estimate of drug-likeness (QED) is 0.484. The van der Waals surface area contributed by atoms with Gasteiger partial charge in [-0.15, -0.1) is 0 Å². The number of nitrogens with one attached hydrogen (secondary N) is 1. The number of hydrogen-bond donors (Lipinski definition) is 1. The van der Waals surface area contributed by atoms with Crippen molar-refractivity contribution < 1.29 is 23.5 Å². The van der Waals surface area contributed by atoms with Crippen LogP contribution in [0, 0.1) is 0 Å². The molecular weight excluding hydrogens is 376 g/mol. The summed E-state index contributed by atoms with van der Waals surface area (Å²) < 4.78 is 17.5. The molecule has 1 aliphatic rings. The third-order valence-corrected chi connectivity index (χ3v) is 9.90. The fourth-order valence-corrected chi connectivity index (χ4v) is 4.29. The summed E-state index contributed by atoms with van der Waals surface area (Å²) in [5, 5.41) is 2.83. The SMILES string of the molecule is CCCN1C(=O)[C@H](OC)[C@@H]1[C@@H](CNC(=O)OC(C)(C)C)O[Si](C)(C)C(C)(C)C. The van der Waals surface area contributed by atoms with Crippen LogP contribution in [-0.4, -0.2) is 69.3 Å². The van der Waals surface area contributed by atoms with E-state index in [1.165, 1.54) is 0 Å². The van der Waals surface area contributed by atoms with Crippen molar-refractivity contribution in [1.82, 2.24) is 10.2 Å². The molecule has 2 amide bonds. The molecule has 0 aromatic rings. The molecule has 0 bridgehead atoms. The van der Waals surface area contributed by atoms with Gasteiger partial charge in [0.25, 0.3) is 5.91 Å². The fraction of sp³-hybridized carbons (Fsp3) is 0.900. The molecule has 1 fully saturated rings. The average molecular weight is 417 g/mol. The Labute approximate surface area is 171 Å². The largest absolute Gasteiger partial charge is 0.444 e. The first-order valence-electron chi connectivity index (χ1n) is 10.1. The van der Waals surface area contributed by atoms with Crippen LogP contribution in [-0.2, 0) is 18.7 Å². The topological polar surface area (TPSA) is 77.1 Å². The molecule has 28 heavy (non-hydrogen) atoms. The number of nitrogens with zero attached hydrogens (tertiary/aromatic N) is 1. The van der Waals surface area contributed by atoms with Crippen molar-refractivity contribution >= 4 is 20.3 Å². The van der Waals surface area contributed by atoms with Gasteiger partial charge in [-0.1, -0.05) is 27.7 Å². The number of methoxy groups -OCH3 is 1. The van der Waals surface area contributed by atoms with Crippen molar-refractivity contribution in [2.75, 3.05) is 20.2 Å². The van der Waals surface area contributed by atoms with Gasteiger partial charge in [0.05, 0.1) is 12.1 Å². The van der Waals surface area contributed by atoms with E-state index >= 15 is 0 Å². The first kappa shape index (κ1) is 24.9. The summed E-state index contributed by atoms with van der Waals surface area (Å²) >= 11 is 0. The summed E-state index contributed by atoms with van der Waals surface area (Å²) in [5.41, 5.74) is -0.574. The Morgan fingerprint density at radius 1 is 1.21 bits per heavy atom. The van der Waals surface area contributed by atoms with E-state index < -0.39 is 26.1 Å². The fourth-order valence-electron chi connectivity index (χ4n) is 2.96. The van der Waals surface area contributed by atoms with Crippen LogP contribution in [0.4, 0.5) is 4.79 Å². The monoisotopic (exact) mass is 416 g/mol. The minimum atomic E-state index is -2.13. The van der Waals surface area contributed by atoms with Gasteiger partial charge in [0.15, 0.2) is 14.4 Å². The number of amides is 2. The van der Waals surface area contributed by atoms with Crippen molar-refractivity contribution in [1.29, 1.82) is 0 Å². The third-order valence-electron chi connectivity index (χ3n) is 5.39. The number of rotatable bonds is 8.